The molecular weight excluding hydrogens is 282 g/mol. The molecule has 20 heavy (non-hydrogen) atoms. The maximum atomic E-state index is 12.2. The monoisotopic (exact) mass is 299 g/mol. The quantitative estimate of drug-likeness (QED) is 0.783. The van der Waals surface area contributed by atoms with Gasteiger partial charge in [0.15, 0.2) is 0 Å². The van der Waals surface area contributed by atoms with Crippen molar-refractivity contribution >= 4 is 16.0 Å². The van der Waals surface area contributed by atoms with Gasteiger partial charge in [0.05, 0.1) is 12.2 Å². The number of rotatable bonds is 7. The Kier molecular flexibility index (Phi) is 4.12. The third kappa shape index (κ3) is 3.00. The van der Waals surface area contributed by atoms with E-state index < -0.39 is 20.7 Å². The smallest absolute Gasteiger partial charge is 0.335 e. The fourth-order valence-corrected chi connectivity index (χ4v) is 3.57. The summed E-state index contributed by atoms with van der Waals surface area (Å²) >= 11 is 0. The standard InChI is InChI=1S/C13H17NO5S/c1-19-9-13(6-7-13)20(17,18)14-8-10-2-4-11(5-3-10)12(15)16/h2-5,14H,6-9H2,1H3,(H,15,16). The number of nitrogens with one attached hydrogen (secondary N) is 1. The van der Waals surface area contributed by atoms with Gasteiger partial charge >= 0.3 is 5.97 Å². The van der Waals surface area contributed by atoms with Crippen LogP contribution in [-0.4, -0.2) is 38.0 Å². The van der Waals surface area contributed by atoms with Gasteiger partial charge in [-0.1, -0.05) is 12.1 Å². The zero-order valence-corrected chi connectivity index (χ0v) is 11.9. The van der Waals surface area contributed by atoms with Crippen molar-refractivity contribution in [3.63, 3.8) is 0 Å². The summed E-state index contributed by atoms with van der Waals surface area (Å²) in [5.74, 6) is -1.01. The van der Waals surface area contributed by atoms with Gasteiger partial charge in [-0.15, -0.1) is 0 Å². The molecule has 0 aromatic heterocycles. The van der Waals surface area contributed by atoms with Gasteiger partial charge in [0.2, 0.25) is 10.0 Å². The molecule has 1 aromatic rings. The fourth-order valence-electron chi connectivity index (χ4n) is 1.99. The van der Waals surface area contributed by atoms with Crippen molar-refractivity contribution in [1.29, 1.82) is 0 Å². The maximum absolute atomic E-state index is 12.2. The summed E-state index contributed by atoms with van der Waals surface area (Å²) in [7, 11) is -1.94. The van der Waals surface area contributed by atoms with E-state index in [0.717, 1.165) is 0 Å². The minimum Gasteiger partial charge on any atom is -0.478 e. The van der Waals surface area contributed by atoms with E-state index in [4.69, 9.17) is 9.84 Å². The maximum Gasteiger partial charge on any atom is 0.335 e. The van der Waals surface area contributed by atoms with E-state index in [0.29, 0.717) is 18.4 Å². The first-order chi connectivity index (χ1) is 9.40. The van der Waals surface area contributed by atoms with Crippen LogP contribution in [0.4, 0.5) is 0 Å². The van der Waals surface area contributed by atoms with E-state index in [9.17, 15) is 13.2 Å². The lowest BCUT2D eigenvalue weighted by molar-refractivity contribution is 0.0697. The molecule has 110 valence electrons. The number of hydrogen-bond acceptors (Lipinski definition) is 4. The van der Waals surface area contributed by atoms with Crippen LogP contribution < -0.4 is 4.72 Å². The second-order valence-corrected chi connectivity index (χ2v) is 7.10. The summed E-state index contributed by atoms with van der Waals surface area (Å²) in [6, 6.07) is 6.10. The molecule has 6 nitrogen and oxygen atoms in total. The topological polar surface area (TPSA) is 92.7 Å². The highest BCUT2D eigenvalue weighted by Gasteiger charge is 2.54. The molecule has 1 aliphatic rings. The summed E-state index contributed by atoms with van der Waals surface area (Å²) < 4.78 is 31.1. The van der Waals surface area contributed by atoms with Crippen molar-refractivity contribution in [2.45, 2.75) is 24.1 Å². The molecule has 0 bridgehead atoms. The third-order valence-electron chi connectivity index (χ3n) is 3.45. The molecule has 2 N–H and O–H groups in total. The Labute approximate surface area is 117 Å². The minimum absolute atomic E-state index is 0.147. The van der Waals surface area contributed by atoms with E-state index in [2.05, 4.69) is 4.72 Å². The minimum atomic E-state index is -3.43. The Hall–Kier alpha value is -1.44. The first-order valence-electron chi connectivity index (χ1n) is 6.21. The predicted molar refractivity (Wildman–Crippen MR) is 73.0 cm³/mol. The highest BCUT2D eigenvalue weighted by Crippen LogP contribution is 2.43. The van der Waals surface area contributed by atoms with E-state index in [1.165, 1.54) is 19.2 Å². The van der Waals surface area contributed by atoms with Crippen molar-refractivity contribution in [1.82, 2.24) is 4.72 Å². The molecule has 0 amide bonds. The molecule has 1 aliphatic carbocycles. The van der Waals surface area contributed by atoms with Crippen LogP contribution in [0.25, 0.3) is 0 Å². The van der Waals surface area contributed by atoms with Gasteiger partial charge in [-0.05, 0) is 30.5 Å². The number of benzene rings is 1. The molecule has 0 spiro atoms. The van der Waals surface area contributed by atoms with Crippen LogP contribution in [0.2, 0.25) is 0 Å². The third-order valence-corrected chi connectivity index (χ3v) is 5.64. The fraction of sp³-hybridized carbons (Fsp3) is 0.462. The number of hydrogen-bond donors (Lipinski definition) is 2. The molecule has 0 heterocycles. The molecule has 1 aromatic carbocycles. The molecule has 1 fully saturated rings. The Morgan fingerprint density at radius 1 is 1.35 bits per heavy atom. The number of carboxylic acids is 1. The largest absolute Gasteiger partial charge is 0.478 e. The molecule has 0 radical (unpaired) electrons. The second-order valence-electron chi connectivity index (χ2n) is 4.94. The number of carbonyl (C=O) groups is 1. The van der Waals surface area contributed by atoms with Crippen LogP contribution in [0, 0.1) is 0 Å². The lowest BCUT2D eigenvalue weighted by atomic mass is 10.1. The summed E-state index contributed by atoms with van der Waals surface area (Å²) in [6.07, 6.45) is 1.21. The number of carboxylic acid groups (broad SMARTS) is 1. The molecule has 0 atom stereocenters. The van der Waals surface area contributed by atoms with E-state index >= 15 is 0 Å². The van der Waals surface area contributed by atoms with Gasteiger partial charge in [-0.3, -0.25) is 0 Å². The van der Waals surface area contributed by atoms with Gasteiger partial charge in [-0.2, -0.15) is 0 Å². The summed E-state index contributed by atoms with van der Waals surface area (Å²) in [4.78, 5) is 10.7. The lowest BCUT2D eigenvalue weighted by Crippen LogP contribution is -2.38. The van der Waals surface area contributed by atoms with Crippen LogP contribution >= 0.6 is 0 Å². The molecule has 2 rings (SSSR count). The molecule has 7 heteroatoms. The number of sulfonamides is 1. The normalized spacial score (nSPS) is 16.9. The van der Waals surface area contributed by atoms with Crippen LogP contribution in [0.1, 0.15) is 28.8 Å². The van der Waals surface area contributed by atoms with Crippen LogP contribution in [0.15, 0.2) is 24.3 Å². The van der Waals surface area contributed by atoms with Crippen molar-refractivity contribution < 1.29 is 23.1 Å². The Morgan fingerprint density at radius 2 is 1.95 bits per heavy atom. The highest BCUT2D eigenvalue weighted by molar-refractivity contribution is 7.91. The zero-order valence-electron chi connectivity index (χ0n) is 11.1. The average molecular weight is 299 g/mol. The van der Waals surface area contributed by atoms with Crippen molar-refractivity contribution in [2.24, 2.45) is 0 Å². The molecular formula is C13H17NO5S. The van der Waals surface area contributed by atoms with Crippen molar-refractivity contribution in [3.8, 4) is 0 Å². The number of ether oxygens (including phenoxy) is 1. The molecule has 0 aliphatic heterocycles. The lowest BCUT2D eigenvalue weighted by Gasteiger charge is -2.16. The number of aromatic carboxylic acids is 1. The van der Waals surface area contributed by atoms with Crippen molar-refractivity contribution in [2.75, 3.05) is 13.7 Å². The summed E-state index contributed by atoms with van der Waals surface area (Å²) in [6.45, 7) is 0.341. The first-order valence-corrected chi connectivity index (χ1v) is 7.69. The van der Waals surface area contributed by atoms with Crippen LogP contribution in [-0.2, 0) is 21.3 Å². The van der Waals surface area contributed by atoms with Gasteiger partial charge < -0.3 is 9.84 Å². The Morgan fingerprint density at radius 3 is 2.40 bits per heavy atom. The van der Waals surface area contributed by atoms with Crippen LogP contribution in [0.3, 0.4) is 0 Å². The van der Waals surface area contributed by atoms with Crippen molar-refractivity contribution in [3.05, 3.63) is 35.4 Å². The van der Waals surface area contributed by atoms with Gasteiger partial charge in [0.1, 0.15) is 4.75 Å². The predicted octanol–water partition coefficient (Wildman–Crippen LogP) is 0.983. The molecule has 0 unspecified atom stereocenters. The molecule has 1 saturated carbocycles. The van der Waals surface area contributed by atoms with E-state index in [1.807, 2.05) is 0 Å². The average Bonchev–Trinajstić information content (AvgIpc) is 3.19. The van der Waals surface area contributed by atoms with Gasteiger partial charge in [-0.25, -0.2) is 17.9 Å². The summed E-state index contributed by atoms with van der Waals surface area (Å²) in [5, 5.41) is 8.78. The first kappa shape index (κ1) is 15.0. The second kappa shape index (κ2) is 5.51. The summed E-state index contributed by atoms with van der Waals surface area (Å²) in [5.41, 5.74) is 0.890. The highest BCUT2D eigenvalue weighted by atomic mass is 32.2. The van der Waals surface area contributed by atoms with Gasteiger partial charge in [0.25, 0.3) is 0 Å². The number of methoxy groups -OCH3 is 1. The SMILES string of the molecule is COCC1(S(=O)(=O)NCc2ccc(C(=O)O)cc2)CC1. The van der Waals surface area contributed by atoms with E-state index in [1.54, 1.807) is 12.1 Å². The zero-order chi connectivity index (χ0) is 14.8. The van der Waals surface area contributed by atoms with Crippen LogP contribution in [0.5, 0.6) is 0 Å². The molecule has 0 saturated heterocycles. The van der Waals surface area contributed by atoms with E-state index in [-0.39, 0.29) is 18.7 Å². The van der Waals surface area contributed by atoms with Gasteiger partial charge in [0, 0.05) is 13.7 Å². The Bertz CT molecular complexity index is 590. The Balaban J connectivity index is 2.00.